The van der Waals surface area contributed by atoms with Crippen molar-refractivity contribution >= 4 is 5.97 Å². The fourth-order valence-electron chi connectivity index (χ4n) is 1.89. The van der Waals surface area contributed by atoms with Crippen molar-refractivity contribution in [3.63, 3.8) is 0 Å². The molecule has 0 aliphatic heterocycles. The standard InChI is InChI=1S/C15H23NO3/c1-5-16-15(3,14(17)18-4)10-11-19-13-8-6-12(2)7-9-13/h6-9,16H,5,10-11H2,1-4H3. The number of ether oxygens (including phenoxy) is 2. The summed E-state index contributed by atoms with van der Waals surface area (Å²) in [7, 11) is 1.40. The van der Waals surface area contributed by atoms with Gasteiger partial charge in [0, 0.05) is 6.42 Å². The molecule has 1 rings (SSSR count). The third kappa shape index (κ3) is 4.56. The Morgan fingerprint density at radius 2 is 1.95 bits per heavy atom. The molecule has 0 saturated carbocycles. The first kappa shape index (κ1) is 15.5. The highest BCUT2D eigenvalue weighted by Gasteiger charge is 2.33. The van der Waals surface area contributed by atoms with E-state index >= 15 is 0 Å². The molecule has 0 spiro atoms. The summed E-state index contributed by atoms with van der Waals surface area (Å²) >= 11 is 0. The summed E-state index contributed by atoms with van der Waals surface area (Å²) in [4.78, 5) is 11.8. The maximum absolute atomic E-state index is 11.8. The number of aryl methyl sites for hydroxylation is 1. The second-order valence-corrected chi connectivity index (χ2v) is 4.77. The Kier molecular flexibility index (Phi) is 5.83. The van der Waals surface area contributed by atoms with E-state index in [0.717, 1.165) is 5.75 Å². The van der Waals surface area contributed by atoms with E-state index in [4.69, 9.17) is 9.47 Å². The monoisotopic (exact) mass is 265 g/mol. The second kappa shape index (κ2) is 7.14. The third-order valence-corrected chi connectivity index (χ3v) is 3.09. The van der Waals surface area contributed by atoms with Gasteiger partial charge in [0.2, 0.25) is 0 Å². The highest BCUT2D eigenvalue weighted by molar-refractivity contribution is 5.80. The van der Waals surface area contributed by atoms with Gasteiger partial charge in [0.25, 0.3) is 0 Å². The molecule has 0 aliphatic carbocycles. The lowest BCUT2D eigenvalue weighted by molar-refractivity contribution is -0.148. The molecule has 0 radical (unpaired) electrons. The maximum Gasteiger partial charge on any atom is 0.325 e. The van der Waals surface area contributed by atoms with E-state index in [1.165, 1.54) is 12.7 Å². The predicted octanol–water partition coefficient (Wildman–Crippen LogP) is 2.31. The molecule has 1 atom stereocenters. The van der Waals surface area contributed by atoms with Crippen molar-refractivity contribution in [1.82, 2.24) is 5.32 Å². The Hall–Kier alpha value is -1.55. The number of benzene rings is 1. The fraction of sp³-hybridized carbons (Fsp3) is 0.533. The van der Waals surface area contributed by atoms with E-state index in [1.54, 1.807) is 0 Å². The SMILES string of the molecule is CCNC(C)(CCOc1ccc(C)cc1)C(=O)OC. The Morgan fingerprint density at radius 1 is 1.32 bits per heavy atom. The van der Waals surface area contributed by atoms with E-state index in [2.05, 4.69) is 5.32 Å². The van der Waals surface area contributed by atoms with Crippen LogP contribution in [0.15, 0.2) is 24.3 Å². The smallest absolute Gasteiger partial charge is 0.325 e. The number of likely N-dealkylation sites (N-methyl/N-ethyl adjacent to an activating group) is 1. The summed E-state index contributed by atoms with van der Waals surface area (Å²) in [6.45, 7) is 6.99. The van der Waals surface area contributed by atoms with Gasteiger partial charge in [0.15, 0.2) is 0 Å². The van der Waals surface area contributed by atoms with Crippen LogP contribution < -0.4 is 10.1 Å². The molecule has 1 unspecified atom stereocenters. The molecule has 0 saturated heterocycles. The molecular formula is C15H23NO3. The van der Waals surface area contributed by atoms with Crippen molar-refractivity contribution in [3.8, 4) is 5.75 Å². The molecule has 0 aromatic heterocycles. The largest absolute Gasteiger partial charge is 0.494 e. The summed E-state index contributed by atoms with van der Waals surface area (Å²) in [6.07, 6.45) is 0.557. The number of carbonyl (C=O) groups excluding carboxylic acids is 1. The van der Waals surface area contributed by atoms with Gasteiger partial charge in [-0.3, -0.25) is 4.79 Å². The number of hydrogen-bond acceptors (Lipinski definition) is 4. The van der Waals surface area contributed by atoms with Gasteiger partial charge >= 0.3 is 5.97 Å². The van der Waals surface area contributed by atoms with Crippen LogP contribution in [0, 0.1) is 6.92 Å². The van der Waals surface area contributed by atoms with Gasteiger partial charge in [-0.05, 0) is 32.5 Å². The van der Waals surface area contributed by atoms with E-state index in [1.807, 2.05) is 45.0 Å². The van der Waals surface area contributed by atoms with Crippen LogP contribution in [0.4, 0.5) is 0 Å². The van der Waals surface area contributed by atoms with Crippen molar-refractivity contribution < 1.29 is 14.3 Å². The van der Waals surface area contributed by atoms with Crippen molar-refractivity contribution in [1.29, 1.82) is 0 Å². The van der Waals surface area contributed by atoms with Gasteiger partial charge in [-0.25, -0.2) is 0 Å². The van der Waals surface area contributed by atoms with Crippen molar-refractivity contribution in [2.45, 2.75) is 32.7 Å². The Labute approximate surface area is 115 Å². The van der Waals surface area contributed by atoms with Gasteiger partial charge in [-0.2, -0.15) is 0 Å². The maximum atomic E-state index is 11.8. The Bertz CT molecular complexity index is 402. The Balaban J connectivity index is 2.52. The third-order valence-electron chi connectivity index (χ3n) is 3.09. The van der Waals surface area contributed by atoms with Gasteiger partial charge < -0.3 is 14.8 Å². The molecule has 0 aliphatic rings. The van der Waals surface area contributed by atoms with Gasteiger partial charge in [0.1, 0.15) is 11.3 Å². The molecule has 0 amide bonds. The van der Waals surface area contributed by atoms with E-state index in [9.17, 15) is 4.79 Å². The minimum absolute atomic E-state index is 0.262. The average molecular weight is 265 g/mol. The van der Waals surface area contributed by atoms with E-state index in [0.29, 0.717) is 19.6 Å². The topological polar surface area (TPSA) is 47.6 Å². The molecule has 1 aromatic rings. The predicted molar refractivity (Wildman–Crippen MR) is 75.4 cm³/mol. The summed E-state index contributed by atoms with van der Waals surface area (Å²) < 4.78 is 10.5. The molecule has 19 heavy (non-hydrogen) atoms. The zero-order valence-corrected chi connectivity index (χ0v) is 12.2. The molecule has 4 heteroatoms. The molecule has 1 aromatic carbocycles. The number of methoxy groups -OCH3 is 1. The number of hydrogen-bond donors (Lipinski definition) is 1. The summed E-state index contributed by atoms with van der Waals surface area (Å²) in [5.74, 6) is 0.552. The van der Waals surface area contributed by atoms with Gasteiger partial charge in [-0.1, -0.05) is 24.6 Å². The van der Waals surface area contributed by atoms with Gasteiger partial charge in [-0.15, -0.1) is 0 Å². The van der Waals surface area contributed by atoms with Crippen LogP contribution in [0.1, 0.15) is 25.8 Å². The van der Waals surface area contributed by atoms with Crippen LogP contribution in [0.2, 0.25) is 0 Å². The molecule has 0 heterocycles. The van der Waals surface area contributed by atoms with E-state index < -0.39 is 5.54 Å². The van der Waals surface area contributed by atoms with Crippen molar-refractivity contribution in [3.05, 3.63) is 29.8 Å². The molecule has 106 valence electrons. The summed E-state index contributed by atoms with van der Waals surface area (Å²) in [5, 5.41) is 3.15. The lowest BCUT2D eigenvalue weighted by Gasteiger charge is -2.27. The zero-order chi connectivity index (χ0) is 14.3. The van der Waals surface area contributed by atoms with Crippen LogP contribution in [0.25, 0.3) is 0 Å². The lowest BCUT2D eigenvalue weighted by Crippen LogP contribution is -2.51. The quantitative estimate of drug-likeness (QED) is 0.769. The minimum Gasteiger partial charge on any atom is -0.494 e. The first-order valence-electron chi connectivity index (χ1n) is 6.54. The number of carbonyl (C=O) groups is 1. The van der Waals surface area contributed by atoms with Crippen LogP contribution in [-0.2, 0) is 9.53 Å². The van der Waals surface area contributed by atoms with Crippen LogP contribution >= 0.6 is 0 Å². The average Bonchev–Trinajstić information content (AvgIpc) is 2.40. The number of rotatable bonds is 7. The molecular weight excluding hydrogens is 242 g/mol. The lowest BCUT2D eigenvalue weighted by atomic mass is 9.98. The van der Waals surface area contributed by atoms with Crippen LogP contribution in [0.5, 0.6) is 5.75 Å². The number of esters is 1. The van der Waals surface area contributed by atoms with E-state index in [-0.39, 0.29) is 5.97 Å². The van der Waals surface area contributed by atoms with Gasteiger partial charge in [0.05, 0.1) is 13.7 Å². The van der Waals surface area contributed by atoms with Crippen LogP contribution in [0.3, 0.4) is 0 Å². The van der Waals surface area contributed by atoms with Crippen molar-refractivity contribution in [2.24, 2.45) is 0 Å². The normalized spacial score (nSPS) is 13.7. The van der Waals surface area contributed by atoms with Crippen molar-refractivity contribution in [2.75, 3.05) is 20.3 Å². The second-order valence-electron chi connectivity index (χ2n) is 4.77. The Morgan fingerprint density at radius 3 is 2.47 bits per heavy atom. The summed E-state index contributed by atoms with van der Waals surface area (Å²) in [5.41, 5.74) is 0.494. The molecule has 1 N–H and O–H groups in total. The summed E-state index contributed by atoms with van der Waals surface area (Å²) in [6, 6.07) is 7.86. The molecule has 0 bridgehead atoms. The fourth-order valence-corrected chi connectivity index (χ4v) is 1.89. The first-order chi connectivity index (χ1) is 9.01. The molecule has 0 fully saturated rings. The minimum atomic E-state index is -0.700. The highest BCUT2D eigenvalue weighted by Crippen LogP contribution is 2.15. The first-order valence-corrected chi connectivity index (χ1v) is 6.54. The highest BCUT2D eigenvalue weighted by atomic mass is 16.5. The van der Waals surface area contributed by atoms with Crippen LogP contribution in [-0.4, -0.2) is 31.8 Å². The number of nitrogens with one attached hydrogen (secondary N) is 1. The zero-order valence-electron chi connectivity index (χ0n) is 12.2. The molecule has 4 nitrogen and oxygen atoms in total.